The summed E-state index contributed by atoms with van der Waals surface area (Å²) in [6.45, 7) is 4.26. The molecule has 0 bridgehead atoms. The Labute approximate surface area is 123 Å². The number of nitrogens with one attached hydrogen (secondary N) is 1. The molecular formula is C14H19ClN2O3. The summed E-state index contributed by atoms with van der Waals surface area (Å²) < 4.78 is 0. The summed E-state index contributed by atoms with van der Waals surface area (Å²) in [7, 11) is 0. The van der Waals surface area contributed by atoms with E-state index >= 15 is 0 Å². The first-order valence-electron chi connectivity index (χ1n) is 6.52. The molecule has 5 nitrogen and oxygen atoms in total. The molecule has 110 valence electrons. The number of carboxylic acids is 1. The van der Waals surface area contributed by atoms with Gasteiger partial charge < -0.3 is 10.4 Å². The number of halogens is 1. The van der Waals surface area contributed by atoms with Crippen molar-refractivity contribution in [3.8, 4) is 0 Å². The first-order valence-corrected chi connectivity index (χ1v) is 6.90. The molecule has 1 atom stereocenters. The molecule has 1 rings (SSSR count). The number of carbonyl (C=O) groups excluding carboxylic acids is 1. The highest BCUT2D eigenvalue weighted by Gasteiger charge is 2.11. The monoisotopic (exact) mass is 298 g/mol. The molecule has 2 N–H and O–H groups in total. The molecule has 1 heterocycles. The van der Waals surface area contributed by atoms with Gasteiger partial charge in [0, 0.05) is 24.9 Å². The third kappa shape index (κ3) is 5.57. The van der Waals surface area contributed by atoms with Gasteiger partial charge in [0.05, 0.1) is 10.6 Å². The van der Waals surface area contributed by atoms with E-state index in [1.165, 1.54) is 6.20 Å². The average Bonchev–Trinajstić information content (AvgIpc) is 2.36. The summed E-state index contributed by atoms with van der Waals surface area (Å²) in [6, 6.07) is 1.64. The molecule has 0 spiro atoms. The fourth-order valence-electron chi connectivity index (χ4n) is 1.74. The molecule has 1 aromatic rings. The SMILES string of the molecule is Cc1cc(Cl)c(C(=O)NCCC(C)CCC(=O)O)cn1. The van der Waals surface area contributed by atoms with Gasteiger partial charge in [-0.1, -0.05) is 18.5 Å². The first-order chi connectivity index (χ1) is 9.40. The zero-order valence-corrected chi connectivity index (χ0v) is 12.4. The molecule has 0 saturated carbocycles. The number of rotatable bonds is 7. The average molecular weight is 299 g/mol. The van der Waals surface area contributed by atoms with Crippen molar-refractivity contribution in [3.63, 3.8) is 0 Å². The lowest BCUT2D eigenvalue weighted by Crippen LogP contribution is -2.26. The standard InChI is InChI=1S/C14H19ClN2O3/c1-9(3-4-13(18)19)5-6-16-14(20)11-8-17-10(2)7-12(11)15/h7-9H,3-6H2,1-2H3,(H,16,20)(H,18,19). The summed E-state index contributed by atoms with van der Waals surface area (Å²) in [5, 5.41) is 11.7. The lowest BCUT2D eigenvalue weighted by molar-refractivity contribution is -0.137. The largest absolute Gasteiger partial charge is 0.481 e. The van der Waals surface area contributed by atoms with Crippen LogP contribution < -0.4 is 5.32 Å². The zero-order chi connectivity index (χ0) is 15.1. The van der Waals surface area contributed by atoms with Crippen LogP contribution in [0.3, 0.4) is 0 Å². The third-order valence-electron chi connectivity index (χ3n) is 3.01. The number of nitrogens with zero attached hydrogens (tertiary/aromatic N) is 1. The van der Waals surface area contributed by atoms with Crippen LogP contribution in [0, 0.1) is 12.8 Å². The fourth-order valence-corrected chi connectivity index (χ4v) is 2.03. The van der Waals surface area contributed by atoms with Gasteiger partial charge in [0.15, 0.2) is 0 Å². The van der Waals surface area contributed by atoms with Crippen LogP contribution in [0.25, 0.3) is 0 Å². The molecule has 0 fully saturated rings. The number of aliphatic carboxylic acids is 1. The number of aryl methyl sites for hydroxylation is 1. The van der Waals surface area contributed by atoms with Gasteiger partial charge in [0.1, 0.15) is 0 Å². The zero-order valence-electron chi connectivity index (χ0n) is 11.6. The van der Waals surface area contributed by atoms with Crippen molar-refractivity contribution in [2.45, 2.75) is 33.1 Å². The van der Waals surface area contributed by atoms with Gasteiger partial charge in [-0.05, 0) is 31.7 Å². The van der Waals surface area contributed by atoms with E-state index in [1.807, 2.05) is 6.92 Å². The highest BCUT2D eigenvalue weighted by Crippen LogP contribution is 2.15. The second-order valence-corrected chi connectivity index (χ2v) is 5.29. The summed E-state index contributed by atoms with van der Waals surface area (Å²) in [4.78, 5) is 26.4. The van der Waals surface area contributed by atoms with E-state index in [4.69, 9.17) is 16.7 Å². The molecule has 1 unspecified atom stereocenters. The fraction of sp³-hybridized carbons (Fsp3) is 0.500. The van der Waals surface area contributed by atoms with Crippen molar-refractivity contribution in [2.24, 2.45) is 5.92 Å². The Morgan fingerprint density at radius 1 is 1.45 bits per heavy atom. The van der Waals surface area contributed by atoms with E-state index in [0.29, 0.717) is 23.6 Å². The van der Waals surface area contributed by atoms with E-state index in [1.54, 1.807) is 13.0 Å². The van der Waals surface area contributed by atoms with Gasteiger partial charge in [-0.2, -0.15) is 0 Å². The number of hydrogen-bond acceptors (Lipinski definition) is 3. The van der Waals surface area contributed by atoms with E-state index in [-0.39, 0.29) is 18.2 Å². The molecule has 0 aliphatic heterocycles. The van der Waals surface area contributed by atoms with Crippen LogP contribution >= 0.6 is 11.6 Å². The van der Waals surface area contributed by atoms with Gasteiger partial charge in [0.25, 0.3) is 5.91 Å². The molecule has 20 heavy (non-hydrogen) atoms. The quantitative estimate of drug-likeness (QED) is 0.811. The number of carbonyl (C=O) groups is 2. The molecule has 0 radical (unpaired) electrons. The second kappa shape index (κ2) is 7.85. The van der Waals surface area contributed by atoms with Crippen LogP contribution in [-0.4, -0.2) is 28.5 Å². The van der Waals surface area contributed by atoms with Crippen LogP contribution in [0.2, 0.25) is 5.02 Å². The normalized spacial score (nSPS) is 11.9. The Kier molecular flexibility index (Phi) is 6.45. The Balaban J connectivity index is 2.38. The number of amides is 1. The number of aromatic nitrogens is 1. The van der Waals surface area contributed by atoms with Crippen LogP contribution in [0.5, 0.6) is 0 Å². The summed E-state index contributed by atoms with van der Waals surface area (Å²) >= 11 is 5.98. The Hall–Kier alpha value is -1.62. The molecule has 0 aromatic carbocycles. The van der Waals surface area contributed by atoms with E-state index < -0.39 is 5.97 Å². The van der Waals surface area contributed by atoms with Gasteiger partial charge in [-0.3, -0.25) is 14.6 Å². The molecule has 6 heteroatoms. The Bertz CT molecular complexity index is 491. The minimum atomic E-state index is -0.793. The van der Waals surface area contributed by atoms with Crippen LogP contribution in [0.1, 0.15) is 42.2 Å². The van der Waals surface area contributed by atoms with Crippen LogP contribution in [0.4, 0.5) is 0 Å². The smallest absolute Gasteiger partial charge is 0.303 e. The van der Waals surface area contributed by atoms with Gasteiger partial charge in [-0.15, -0.1) is 0 Å². The molecule has 0 aliphatic carbocycles. The van der Waals surface area contributed by atoms with Crippen LogP contribution in [0.15, 0.2) is 12.3 Å². The van der Waals surface area contributed by atoms with E-state index in [2.05, 4.69) is 10.3 Å². The predicted octanol–water partition coefficient (Wildman–Crippen LogP) is 2.66. The van der Waals surface area contributed by atoms with Gasteiger partial charge in [-0.25, -0.2) is 0 Å². The predicted molar refractivity (Wildman–Crippen MR) is 77.0 cm³/mol. The first kappa shape index (κ1) is 16.4. The second-order valence-electron chi connectivity index (χ2n) is 4.89. The molecular weight excluding hydrogens is 280 g/mol. The van der Waals surface area contributed by atoms with E-state index in [9.17, 15) is 9.59 Å². The number of pyridine rings is 1. The topological polar surface area (TPSA) is 79.3 Å². The summed E-state index contributed by atoms with van der Waals surface area (Å²) in [5.41, 5.74) is 1.12. The minimum absolute atomic E-state index is 0.156. The third-order valence-corrected chi connectivity index (χ3v) is 3.32. The lowest BCUT2D eigenvalue weighted by atomic mass is 10.0. The van der Waals surface area contributed by atoms with Crippen molar-refractivity contribution < 1.29 is 14.7 Å². The van der Waals surface area contributed by atoms with E-state index in [0.717, 1.165) is 12.1 Å². The van der Waals surface area contributed by atoms with Crippen molar-refractivity contribution in [2.75, 3.05) is 6.54 Å². The van der Waals surface area contributed by atoms with Gasteiger partial charge in [0.2, 0.25) is 0 Å². The van der Waals surface area contributed by atoms with Crippen molar-refractivity contribution in [3.05, 3.63) is 28.5 Å². The highest BCUT2D eigenvalue weighted by atomic mass is 35.5. The molecule has 0 saturated heterocycles. The van der Waals surface area contributed by atoms with Crippen molar-refractivity contribution in [1.29, 1.82) is 0 Å². The lowest BCUT2D eigenvalue weighted by Gasteiger charge is -2.11. The molecule has 0 aliphatic rings. The maximum atomic E-state index is 11.9. The Morgan fingerprint density at radius 3 is 2.75 bits per heavy atom. The van der Waals surface area contributed by atoms with Crippen molar-refractivity contribution in [1.82, 2.24) is 10.3 Å². The molecule has 1 amide bonds. The maximum Gasteiger partial charge on any atom is 0.303 e. The Morgan fingerprint density at radius 2 is 2.15 bits per heavy atom. The van der Waals surface area contributed by atoms with Crippen LogP contribution in [-0.2, 0) is 4.79 Å². The van der Waals surface area contributed by atoms with Crippen molar-refractivity contribution >= 4 is 23.5 Å². The maximum absolute atomic E-state index is 11.9. The summed E-state index contributed by atoms with van der Waals surface area (Å²) in [5.74, 6) is -0.802. The van der Waals surface area contributed by atoms with Gasteiger partial charge >= 0.3 is 5.97 Å². The highest BCUT2D eigenvalue weighted by molar-refractivity contribution is 6.33. The summed E-state index contributed by atoms with van der Waals surface area (Å²) in [6.07, 6.45) is 2.96. The number of hydrogen-bond donors (Lipinski definition) is 2. The minimum Gasteiger partial charge on any atom is -0.481 e. The number of carboxylic acid groups (broad SMARTS) is 1. The molecule has 1 aromatic heterocycles.